The number of rotatable bonds is 3. The Hall–Kier alpha value is -1.42. The highest BCUT2D eigenvalue weighted by Crippen LogP contribution is 2.17. The molecular formula is C15H21FN2O. The van der Waals surface area contributed by atoms with Crippen molar-refractivity contribution in [2.45, 2.75) is 44.7 Å². The fraction of sp³-hybridized carbons (Fsp3) is 0.533. The van der Waals surface area contributed by atoms with Crippen molar-refractivity contribution in [3.63, 3.8) is 0 Å². The molecule has 0 spiro atoms. The highest BCUT2D eigenvalue weighted by Gasteiger charge is 2.21. The summed E-state index contributed by atoms with van der Waals surface area (Å²) in [5.41, 5.74) is 0.532. The third-order valence-electron chi connectivity index (χ3n) is 3.61. The first-order valence-electron chi connectivity index (χ1n) is 6.96. The second-order valence-corrected chi connectivity index (χ2v) is 5.11. The van der Waals surface area contributed by atoms with E-state index in [4.69, 9.17) is 0 Å². The minimum absolute atomic E-state index is 0.0300. The van der Waals surface area contributed by atoms with Crippen molar-refractivity contribution >= 4 is 5.91 Å². The van der Waals surface area contributed by atoms with Gasteiger partial charge in [-0.25, -0.2) is 4.39 Å². The maximum atomic E-state index is 13.6. The smallest absolute Gasteiger partial charge is 0.237 e. The van der Waals surface area contributed by atoms with Crippen molar-refractivity contribution in [3.8, 4) is 0 Å². The summed E-state index contributed by atoms with van der Waals surface area (Å²) in [4.78, 5) is 12.1. The average molecular weight is 264 g/mol. The zero-order chi connectivity index (χ0) is 13.7. The highest BCUT2D eigenvalue weighted by atomic mass is 19.1. The van der Waals surface area contributed by atoms with Gasteiger partial charge in [0.05, 0.1) is 12.1 Å². The van der Waals surface area contributed by atoms with Gasteiger partial charge in [-0.2, -0.15) is 0 Å². The van der Waals surface area contributed by atoms with Gasteiger partial charge in [0.25, 0.3) is 0 Å². The van der Waals surface area contributed by atoms with Crippen LogP contribution in [0.5, 0.6) is 0 Å². The van der Waals surface area contributed by atoms with Crippen LogP contribution in [0.2, 0.25) is 0 Å². The summed E-state index contributed by atoms with van der Waals surface area (Å²) in [5, 5.41) is 6.14. The summed E-state index contributed by atoms with van der Waals surface area (Å²) in [5.74, 6) is -0.304. The first-order valence-corrected chi connectivity index (χ1v) is 6.96. The van der Waals surface area contributed by atoms with Gasteiger partial charge in [-0.3, -0.25) is 4.79 Å². The Morgan fingerprint density at radius 3 is 2.95 bits per heavy atom. The largest absolute Gasteiger partial charge is 0.348 e. The van der Waals surface area contributed by atoms with E-state index in [1.54, 1.807) is 18.2 Å². The summed E-state index contributed by atoms with van der Waals surface area (Å²) in [6.45, 7) is 2.69. The fourth-order valence-corrected chi connectivity index (χ4v) is 2.47. The van der Waals surface area contributed by atoms with E-state index < -0.39 is 0 Å². The van der Waals surface area contributed by atoms with E-state index in [0.29, 0.717) is 5.56 Å². The van der Waals surface area contributed by atoms with E-state index >= 15 is 0 Å². The van der Waals surface area contributed by atoms with Crippen molar-refractivity contribution in [2.24, 2.45) is 0 Å². The number of benzene rings is 1. The lowest BCUT2D eigenvalue weighted by Crippen LogP contribution is -2.44. The van der Waals surface area contributed by atoms with Gasteiger partial charge in [-0.05, 0) is 32.4 Å². The van der Waals surface area contributed by atoms with Crippen LogP contribution in [0.1, 0.15) is 44.2 Å². The van der Waals surface area contributed by atoms with Gasteiger partial charge in [0.15, 0.2) is 0 Å². The second-order valence-electron chi connectivity index (χ2n) is 5.11. The number of carbonyl (C=O) groups excluding carboxylic acids is 1. The SMILES string of the molecule is CC(NC(=O)C1CCCCCN1)c1ccccc1F. The summed E-state index contributed by atoms with van der Waals surface area (Å²) in [7, 11) is 0. The molecule has 1 fully saturated rings. The van der Waals surface area contributed by atoms with Crippen LogP contribution in [-0.2, 0) is 4.79 Å². The molecule has 1 aliphatic heterocycles. The number of amides is 1. The average Bonchev–Trinajstić information content (AvgIpc) is 2.68. The molecule has 2 rings (SSSR count). The first kappa shape index (κ1) is 14.0. The fourth-order valence-electron chi connectivity index (χ4n) is 2.47. The zero-order valence-corrected chi connectivity index (χ0v) is 11.3. The molecule has 1 aromatic carbocycles. The molecule has 1 amide bonds. The van der Waals surface area contributed by atoms with Gasteiger partial charge in [-0.1, -0.05) is 31.0 Å². The lowest BCUT2D eigenvalue weighted by molar-refractivity contribution is -0.123. The predicted octanol–water partition coefficient (Wildman–Crippen LogP) is 2.54. The number of nitrogens with one attached hydrogen (secondary N) is 2. The number of hydrogen-bond donors (Lipinski definition) is 2. The number of carbonyl (C=O) groups is 1. The Bertz CT molecular complexity index is 428. The molecule has 0 aromatic heterocycles. The summed E-state index contributed by atoms with van der Waals surface area (Å²) >= 11 is 0. The summed E-state index contributed by atoms with van der Waals surface area (Å²) in [6, 6.07) is 6.11. The predicted molar refractivity (Wildman–Crippen MR) is 73.2 cm³/mol. The van der Waals surface area contributed by atoms with Crippen molar-refractivity contribution in [1.29, 1.82) is 0 Å². The molecule has 104 valence electrons. The van der Waals surface area contributed by atoms with Crippen LogP contribution in [0.4, 0.5) is 4.39 Å². The molecule has 1 saturated heterocycles. The molecule has 1 heterocycles. The Morgan fingerprint density at radius 2 is 2.16 bits per heavy atom. The molecule has 0 bridgehead atoms. The van der Waals surface area contributed by atoms with Gasteiger partial charge in [0, 0.05) is 5.56 Å². The van der Waals surface area contributed by atoms with Crippen LogP contribution >= 0.6 is 0 Å². The van der Waals surface area contributed by atoms with Crippen molar-refractivity contribution in [1.82, 2.24) is 10.6 Å². The molecule has 2 unspecified atom stereocenters. The van der Waals surface area contributed by atoms with Gasteiger partial charge in [0.1, 0.15) is 5.82 Å². The molecule has 0 aliphatic carbocycles. The third kappa shape index (κ3) is 3.77. The number of halogens is 1. The molecule has 1 aromatic rings. The normalized spacial score (nSPS) is 21.5. The molecule has 0 radical (unpaired) electrons. The van der Waals surface area contributed by atoms with Crippen molar-refractivity contribution in [2.75, 3.05) is 6.54 Å². The van der Waals surface area contributed by atoms with Crippen LogP contribution in [0, 0.1) is 5.82 Å². The van der Waals surface area contributed by atoms with Gasteiger partial charge >= 0.3 is 0 Å². The standard InChI is InChI=1S/C15H21FN2O/c1-11(12-7-4-5-8-13(12)16)18-15(19)14-9-3-2-6-10-17-14/h4-5,7-8,11,14,17H,2-3,6,9-10H2,1H3,(H,18,19). The second kappa shape index (κ2) is 6.66. The monoisotopic (exact) mass is 264 g/mol. The quantitative estimate of drug-likeness (QED) is 0.881. The van der Waals surface area contributed by atoms with E-state index in [1.807, 2.05) is 6.92 Å². The lowest BCUT2D eigenvalue weighted by Gasteiger charge is -2.20. The minimum atomic E-state index is -0.307. The van der Waals surface area contributed by atoms with Gasteiger partial charge < -0.3 is 10.6 Å². The van der Waals surface area contributed by atoms with E-state index in [0.717, 1.165) is 25.8 Å². The van der Waals surface area contributed by atoms with Crippen molar-refractivity contribution < 1.29 is 9.18 Å². The summed E-state index contributed by atoms with van der Waals surface area (Å²) in [6.07, 6.45) is 4.21. The molecule has 4 heteroatoms. The highest BCUT2D eigenvalue weighted by molar-refractivity contribution is 5.82. The molecule has 2 atom stereocenters. The van der Waals surface area contributed by atoms with E-state index in [9.17, 15) is 9.18 Å². The maximum absolute atomic E-state index is 13.6. The lowest BCUT2D eigenvalue weighted by atomic mass is 10.1. The Morgan fingerprint density at radius 1 is 1.37 bits per heavy atom. The zero-order valence-electron chi connectivity index (χ0n) is 11.3. The topological polar surface area (TPSA) is 41.1 Å². The van der Waals surface area contributed by atoms with Crippen LogP contribution in [0.15, 0.2) is 24.3 Å². The van der Waals surface area contributed by atoms with Crippen LogP contribution in [-0.4, -0.2) is 18.5 Å². The molecular weight excluding hydrogens is 243 g/mol. The molecule has 0 saturated carbocycles. The van der Waals surface area contributed by atoms with E-state index in [1.165, 1.54) is 12.5 Å². The molecule has 2 N–H and O–H groups in total. The molecule has 1 aliphatic rings. The minimum Gasteiger partial charge on any atom is -0.348 e. The van der Waals surface area contributed by atoms with Gasteiger partial charge in [-0.15, -0.1) is 0 Å². The molecule has 3 nitrogen and oxygen atoms in total. The van der Waals surface area contributed by atoms with E-state index in [-0.39, 0.29) is 23.8 Å². The summed E-state index contributed by atoms with van der Waals surface area (Å²) < 4.78 is 13.6. The van der Waals surface area contributed by atoms with Crippen LogP contribution in [0.3, 0.4) is 0 Å². The number of hydrogen-bond acceptors (Lipinski definition) is 2. The Balaban J connectivity index is 1.96. The van der Waals surface area contributed by atoms with Crippen LogP contribution < -0.4 is 10.6 Å². The third-order valence-corrected chi connectivity index (χ3v) is 3.61. The Kier molecular flexibility index (Phi) is 4.91. The Labute approximate surface area is 113 Å². The van der Waals surface area contributed by atoms with Gasteiger partial charge in [0.2, 0.25) is 5.91 Å². The van der Waals surface area contributed by atoms with Crippen LogP contribution in [0.25, 0.3) is 0 Å². The maximum Gasteiger partial charge on any atom is 0.237 e. The molecule has 19 heavy (non-hydrogen) atoms. The van der Waals surface area contributed by atoms with Crippen molar-refractivity contribution in [3.05, 3.63) is 35.6 Å². The van der Waals surface area contributed by atoms with E-state index in [2.05, 4.69) is 10.6 Å². The first-order chi connectivity index (χ1) is 9.18.